The van der Waals surface area contributed by atoms with Gasteiger partial charge in [0.15, 0.2) is 5.78 Å². The molecule has 0 aliphatic carbocycles. The number of benzene rings is 2. The van der Waals surface area contributed by atoms with Crippen molar-refractivity contribution in [3.63, 3.8) is 0 Å². The van der Waals surface area contributed by atoms with E-state index in [0.717, 1.165) is 27.9 Å². The molecule has 2 aromatic rings. The summed E-state index contributed by atoms with van der Waals surface area (Å²) in [6.07, 6.45) is 0. The summed E-state index contributed by atoms with van der Waals surface area (Å²) in [6.45, 7) is 6.12. The van der Waals surface area contributed by atoms with E-state index in [1.165, 1.54) is 5.56 Å². The number of rotatable bonds is 3. The van der Waals surface area contributed by atoms with Crippen molar-refractivity contribution in [1.29, 1.82) is 0 Å². The van der Waals surface area contributed by atoms with Crippen LogP contribution in [-0.4, -0.2) is 19.9 Å². The molecule has 0 saturated carbocycles. The molecule has 20 heavy (non-hydrogen) atoms. The maximum atomic E-state index is 12.8. The largest absolute Gasteiger partial charge is 0.377 e. The molecule has 0 amide bonds. The zero-order valence-electron chi connectivity index (χ0n) is 12.8. The fourth-order valence-electron chi connectivity index (χ4n) is 2.41. The van der Waals surface area contributed by atoms with Gasteiger partial charge in [0.05, 0.1) is 0 Å². The van der Waals surface area contributed by atoms with Gasteiger partial charge >= 0.3 is 0 Å². The summed E-state index contributed by atoms with van der Waals surface area (Å²) in [5.41, 5.74) is 5.91. The maximum absolute atomic E-state index is 12.8. The lowest BCUT2D eigenvalue weighted by molar-refractivity contribution is 0.103. The Morgan fingerprint density at radius 3 is 2.10 bits per heavy atom. The van der Waals surface area contributed by atoms with E-state index in [4.69, 9.17) is 0 Å². The fourth-order valence-corrected chi connectivity index (χ4v) is 2.41. The second-order valence-electron chi connectivity index (χ2n) is 5.49. The van der Waals surface area contributed by atoms with Crippen LogP contribution in [0, 0.1) is 20.8 Å². The highest BCUT2D eigenvalue weighted by Gasteiger charge is 2.17. The molecule has 0 heterocycles. The standard InChI is InChI=1S/C18H21NO/c1-12-10-14(3)16(11-13(12)2)18(20)15-8-6-7-9-17(15)19(4)5/h6-11H,1-5H3. The van der Waals surface area contributed by atoms with Crippen LogP contribution in [0.15, 0.2) is 36.4 Å². The summed E-state index contributed by atoms with van der Waals surface area (Å²) >= 11 is 0. The molecule has 0 spiro atoms. The van der Waals surface area contributed by atoms with Gasteiger partial charge in [0.25, 0.3) is 0 Å². The number of nitrogens with zero attached hydrogens (tertiary/aromatic N) is 1. The SMILES string of the molecule is Cc1cc(C)c(C(=O)c2ccccc2N(C)C)cc1C. The zero-order valence-corrected chi connectivity index (χ0v) is 12.8. The first-order chi connectivity index (χ1) is 9.41. The van der Waals surface area contributed by atoms with Crippen LogP contribution in [0.1, 0.15) is 32.6 Å². The first-order valence-corrected chi connectivity index (χ1v) is 6.80. The second-order valence-corrected chi connectivity index (χ2v) is 5.49. The summed E-state index contributed by atoms with van der Waals surface area (Å²) < 4.78 is 0. The van der Waals surface area contributed by atoms with E-state index >= 15 is 0 Å². The molecule has 0 fully saturated rings. The third-order valence-electron chi connectivity index (χ3n) is 3.72. The average Bonchev–Trinajstić information content (AvgIpc) is 2.42. The quantitative estimate of drug-likeness (QED) is 0.786. The molecule has 0 radical (unpaired) electrons. The molecular weight excluding hydrogens is 246 g/mol. The summed E-state index contributed by atoms with van der Waals surface area (Å²) in [6, 6.07) is 11.8. The third-order valence-corrected chi connectivity index (χ3v) is 3.72. The maximum Gasteiger partial charge on any atom is 0.195 e. The number of hydrogen-bond acceptors (Lipinski definition) is 2. The van der Waals surface area contributed by atoms with Gasteiger partial charge in [-0.3, -0.25) is 4.79 Å². The predicted molar refractivity (Wildman–Crippen MR) is 84.9 cm³/mol. The summed E-state index contributed by atoms with van der Waals surface area (Å²) in [7, 11) is 3.92. The summed E-state index contributed by atoms with van der Waals surface area (Å²) in [4.78, 5) is 14.8. The Bertz CT molecular complexity index is 656. The van der Waals surface area contributed by atoms with Crippen LogP contribution >= 0.6 is 0 Å². The van der Waals surface area contributed by atoms with Gasteiger partial charge in [0, 0.05) is 30.9 Å². The van der Waals surface area contributed by atoms with E-state index < -0.39 is 0 Å². The third kappa shape index (κ3) is 2.60. The van der Waals surface area contributed by atoms with Crippen LogP contribution in [0.3, 0.4) is 0 Å². The Morgan fingerprint density at radius 2 is 1.45 bits per heavy atom. The van der Waals surface area contributed by atoms with Crippen LogP contribution in [0.2, 0.25) is 0 Å². The monoisotopic (exact) mass is 267 g/mol. The highest BCUT2D eigenvalue weighted by molar-refractivity contribution is 6.13. The van der Waals surface area contributed by atoms with Gasteiger partial charge in [0.1, 0.15) is 0 Å². The minimum Gasteiger partial charge on any atom is -0.377 e. The smallest absolute Gasteiger partial charge is 0.195 e. The lowest BCUT2D eigenvalue weighted by Crippen LogP contribution is -2.15. The Balaban J connectivity index is 2.55. The Hall–Kier alpha value is -2.09. The van der Waals surface area contributed by atoms with Gasteiger partial charge in [-0.1, -0.05) is 18.2 Å². The van der Waals surface area contributed by atoms with Crippen LogP contribution in [0.25, 0.3) is 0 Å². The lowest BCUT2D eigenvalue weighted by Gasteiger charge is -2.17. The van der Waals surface area contributed by atoms with Crippen molar-refractivity contribution in [1.82, 2.24) is 0 Å². The molecular formula is C18H21NO. The van der Waals surface area contributed by atoms with Crippen LogP contribution in [0.4, 0.5) is 5.69 Å². The number of carbonyl (C=O) groups excluding carboxylic acids is 1. The molecule has 104 valence electrons. The van der Waals surface area contributed by atoms with E-state index in [2.05, 4.69) is 13.0 Å². The number of aryl methyl sites for hydroxylation is 3. The fraction of sp³-hybridized carbons (Fsp3) is 0.278. The van der Waals surface area contributed by atoms with Gasteiger partial charge in [-0.05, 0) is 55.7 Å². The van der Waals surface area contributed by atoms with Gasteiger partial charge in [-0.2, -0.15) is 0 Å². The number of carbonyl (C=O) groups is 1. The molecule has 0 aliphatic heterocycles. The predicted octanol–water partition coefficient (Wildman–Crippen LogP) is 3.91. The topological polar surface area (TPSA) is 20.3 Å². The van der Waals surface area contributed by atoms with Crippen molar-refractivity contribution in [2.24, 2.45) is 0 Å². The van der Waals surface area contributed by atoms with E-state index in [0.29, 0.717) is 0 Å². The minimum atomic E-state index is 0.0925. The molecule has 0 unspecified atom stereocenters. The normalized spacial score (nSPS) is 10.4. The average molecular weight is 267 g/mol. The number of para-hydroxylation sites is 1. The Kier molecular flexibility index (Phi) is 3.93. The molecule has 0 saturated heterocycles. The Morgan fingerprint density at radius 1 is 0.850 bits per heavy atom. The number of anilines is 1. The lowest BCUT2D eigenvalue weighted by atomic mass is 9.94. The summed E-state index contributed by atoms with van der Waals surface area (Å²) in [5, 5.41) is 0. The van der Waals surface area contributed by atoms with Gasteiger partial charge in [-0.25, -0.2) is 0 Å². The van der Waals surface area contributed by atoms with Gasteiger partial charge in [0.2, 0.25) is 0 Å². The van der Waals surface area contributed by atoms with Crippen molar-refractivity contribution >= 4 is 11.5 Å². The second kappa shape index (κ2) is 5.49. The van der Waals surface area contributed by atoms with Crippen molar-refractivity contribution in [3.05, 3.63) is 64.2 Å². The number of ketones is 1. The Labute approximate surface area is 121 Å². The highest BCUT2D eigenvalue weighted by atomic mass is 16.1. The summed E-state index contributed by atoms with van der Waals surface area (Å²) in [5.74, 6) is 0.0925. The van der Waals surface area contributed by atoms with Crippen molar-refractivity contribution in [2.75, 3.05) is 19.0 Å². The van der Waals surface area contributed by atoms with E-state index in [1.807, 2.05) is 63.2 Å². The first-order valence-electron chi connectivity index (χ1n) is 6.80. The van der Waals surface area contributed by atoms with E-state index in [1.54, 1.807) is 0 Å². The molecule has 2 aromatic carbocycles. The minimum absolute atomic E-state index is 0.0925. The van der Waals surface area contributed by atoms with Crippen LogP contribution < -0.4 is 4.90 Å². The van der Waals surface area contributed by atoms with Gasteiger partial charge in [-0.15, -0.1) is 0 Å². The molecule has 0 aliphatic rings. The molecule has 0 N–H and O–H groups in total. The van der Waals surface area contributed by atoms with Crippen LogP contribution in [-0.2, 0) is 0 Å². The van der Waals surface area contributed by atoms with E-state index in [-0.39, 0.29) is 5.78 Å². The molecule has 2 rings (SSSR count). The van der Waals surface area contributed by atoms with Crippen molar-refractivity contribution < 1.29 is 4.79 Å². The van der Waals surface area contributed by atoms with Crippen molar-refractivity contribution in [3.8, 4) is 0 Å². The molecule has 0 aromatic heterocycles. The highest BCUT2D eigenvalue weighted by Crippen LogP contribution is 2.24. The van der Waals surface area contributed by atoms with E-state index in [9.17, 15) is 4.79 Å². The molecule has 2 heteroatoms. The first kappa shape index (κ1) is 14.3. The van der Waals surface area contributed by atoms with Crippen LogP contribution in [0.5, 0.6) is 0 Å². The zero-order chi connectivity index (χ0) is 14.9. The molecule has 0 bridgehead atoms. The van der Waals surface area contributed by atoms with Crippen molar-refractivity contribution in [2.45, 2.75) is 20.8 Å². The molecule has 2 nitrogen and oxygen atoms in total. The molecule has 0 atom stereocenters. The van der Waals surface area contributed by atoms with Gasteiger partial charge < -0.3 is 4.90 Å². The number of hydrogen-bond donors (Lipinski definition) is 0.